The van der Waals surface area contributed by atoms with Gasteiger partial charge in [0.2, 0.25) is 0 Å². The minimum Gasteiger partial charge on any atom is -0.207 e. The highest BCUT2D eigenvalue weighted by Gasteiger charge is 2.15. The molecular weight excluding hydrogens is 240 g/mol. The fourth-order valence-corrected chi connectivity index (χ4v) is 2.21. The first-order valence-electron chi connectivity index (χ1n) is 5.44. The van der Waals surface area contributed by atoms with Gasteiger partial charge in [0, 0.05) is 11.0 Å². The molecule has 0 saturated heterocycles. The zero-order valence-electron chi connectivity index (χ0n) is 9.96. The van der Waals surface area contributed by atoms with Gasteiger partial charge in [-0.3, -0.25) is 0 Å². The molecule has 0 amide bonds. The van der Waals surface area contributed by atoms with Crippen LogP contribution in [0.25, 0.3) is 0 Å². The molecule has 0 atom stereocenters. The van der Waals surface area contributed by atoms with Crippen LogP contribution in [0.4, 0.5) is 8.78 Å². The molecule has 1 aromatic carbocycles. The lowest BCUT2D eigenvalue weighted by Crippen LogP contribution is -2.07. The van der Waals surface area contributed by atoms with Crippen LogP contribution < -0.4 is 0 Å². The van der Waals surface area contributed by atoms with Gasteiger partial charge in [-0.1, -0.05) is 0 Å². The van der Waals surface area contributed by atoms with Crippen LogP contribution in [0, 0.1) is 28.4 Å². The Hall–Kier alpha value is -1.08. The first-order chi connectivity index (χ1) is 7.94. The summed E-state index contributed by atoms with van der Waals surface area (Å²) in [6.45, 7) is 3.77. The monoisotopic (exact) mass is 255 g/mol. The Balaban J connectivity index is 2.39. The fraction of sp³-hybridized carbons (Fsp3) is 0.462. The molecule has 0 unspecified atom stereocenters. The molecule has 0 spiro atoms. The number of hydrogen-bond acceptors (Lipinski definition) is 2. The Morgan fingerprint density at radius 1 is 1.35 bits per heavy atom. The van der Waals surface area contributed by atoms with Gasteiger partial charge < -0.3 is 0 Å². The van der Waals surface area contributed by atoms with E-state index < -0.39 is 11.6 Å². The number of benzene rings is 1. The maximum atomic E-state index is 13.3. The lowest BCUT2D eigenvalue weighted by atomic mass is 9.90. The van der Waals surface area contributed by atoms with E-state index in [1.54, 1.807) is 0 Å². The van der Waals surface area contributed by atoms with Gasteiger partial charge in [-0.05, 0) is 44.6 Å². The van der Waals surface area contributed by atoms with Crippen LogP contribution in [0.1, 0.15) is 26.7 Å². The summed E-state index contributed by atoms with van der Waals surface area (Å²) in [7, 11) is 0. The predicted octanol–water partition coefficient (Wildman–Crippen LogP) is 4.39. The third-order valence-corrected chi connectivity index (χ3v) is 3.54. The zero-order valence-corrected chi connectivity index (χ0v) is 10.8. The second kappa shape index (κ2) is 6.02. The summed E-state index contributed by atoms with van der Waals surface area (Å²) in [4.78, 5) is 0.459. The highest BCUT2D eigenvalue weighted by molar-refractivity contribution is 7.99. The van der Waals surface area contributed by atoms with Crippen molar-refractivity contribution >= 4 is 11.8 Å². The van der Waals surface area contributed by atoms with Gasteiger partial charge in [-0.15, -0.1) is 11.8 Å². The van der Waals surface area contributed by atoms with Gasteiger partial charge >= 0.3 is 0 Å². The van der Waals surface area contributed by atoms with Crippen LogP contribution in [0.15, 0.2) is 23.1 Å². The molecule has 1 aromatic rings. The van der Waals surface area contributed by atoms with Crippen molar-refractivity contribution in [3.63, 3.8) is 0 Å². The van der Waals surface area contributed by atoms with E-state index in [-0.39, 0.29) is 5.41 Å². The van der Waals surface area contributed by atoms with E-state index in [4.69, 9.17) is 5.26 Å². The van der Waals surface area contributed by atoms with Crippen molar-refractivity contribution in [1.29, 1.82) is 5.26 Å². The van der Waals surface area contributed by atoms with Gasteiger partial charge in [0.1, 0.15) is 11.6 Å². The standard InChI is InChI=1S/C13H15F2NS/c1-13(2,9-16)6-3-7-17-12-5-4-10(14)8-11(12)15/h4-5,8H,3,6-7H2,1-2H3. The Kier molecular flexibility index (Phi) is 4.95. The maximum absolute atomic E-state index is 13.3. The molecular formula is C13H15F2NS. The van der Waals surface area contributed by atoms with Crippen LogP contribution in [-0.4, -0.2) is 5.75 Å². The minimum absolute atomic E-state index is 0.331. The van der Waals surface area contributed by atoms with E-state index >= 15 is 0 Å². The van der Waals surface area contributed by atoms with E-state index in [9.17, 15) is 8.78 Å². The third kappa shape index (κ3) is 4.74. The Labute approximate surface area is 105 Å². The third-order valence-electron chi connectivity index (χ3n) is 2.40. The second-order valence-electron chi connectivity index (χ2n) is 4.52. The minimum atomic E-state index is -0.558. The van der Waals surface area contributed by atoms with Gasteiger partial charge in [0.25, 0.3) is 0 Å². The van der Waals surface area contributed by atoms with E-state index in [1.807, 2.05) is 13.8 Å². The molecule has 0 aliphatic carbocycles. The average molecular weight is 255 g/mol. The van der Waals surface area contributed by atoms with Crippen molar-refractivity contribution in [1.82, 2.24) is 0 Å². The lowest BCUT2D eigenvalue weighted by molar-refractivity contribution is 0.447. The van der Waals surface area contributed by atoms with Crippen LogP contribution in [0.2, 0.25) is 0 Å². The van der Waals surface area contributed by atoms with E-state index in [0.717, 1.165) is 24.7 Å². The number of thioether (sulfide) groups is 1. The summed E-state index contributed by atoms with van der Waals surface area (Å²) < 4.78 is 25.9. The van der Waals surface area contributed by atoms with Gasteiger partial charge in [-0.25, -0.2) is 8.78 Å². The molecule has 0 radical (unpaired) electrons. The second-order valence-corrected chi connectivity index (χ2v) is 5.66. The summed E-state index contributed by atoms with van der Waals surface area (Å²) in [5.41, 5.74) is -0.331. The highest BCUT2D eigenvalue weighted by Crippen LogP contribution is 2.26. The number of hydrogen-bond donors (Lipinski definition) is 0. The van der Waals surface area contributed by atoms with Crippen molar-refractivity contribution in [3.05, 3.63) is 29.8 Å². The summed E-state index contributed by atoms with van der Waals surface area (Å²) >= 11 is 1.36. The maximum Gasteiger partial charge on any atom is 0.139 e. The van der Waals surface area contributed by atoms with Crippen LogP contribution in [-0.2, 0) is 0 Å². The molecule has 0 fully saturated rings. The van der Waals surface area contributed by atoms with Gasteiger partial charge in [0.05, 0.1) is 11.5 Å². The van der Waals surface area contributed by atoms with Crippen molar-refractivity contribution in [2.75, 3.05) is 5.75 Å². The summed E-state index contributed by atoms with van der Waals surface area (Å²) in [6, 6.07) is 5.82. The predicted molar refractivity (Wildman–Crippen MR) is 65.7 cm³/mol. The zero-order chi connectivity index (χ0) is 12.9. The molecule has 0 aliphatic heterocycles. The van der Waals surface area contributed by atoms with E-state index in [2.05, 4.69) is 6.07 Å². The lowest BCUT2D eigenvalue weighted by Gasteiger charge is -2.14. The van der Waals surface area contributed by atoms with E-state index in [0.29, 0.717) is 4.90 Å². The molecule has 0 N–H and O–H groups in total. The van der Waals surface area contributed by atoms with Crippen LogP contribution >= 0.6 is 11.8 Å². The topological polar surface area (TPSA) is 23.8 Å². The SMILES string of the molecule is CC(C)(C#N)CCCSc1ccc(F)cc1F. The first kappa shape index (κ1) is 14.0. The van der Waals surface area contributed by atoms with E-state index in [1.165, 1.54) is 23.9 Å². The molecule has 0 aliphatic rings. The normalized spacial score (nSPS) is 11.2. The number of rotatable bonds is 5. The molecule has 4 heteroatoms. The fourth-order valence-electron chi connectivity index (χ4n) is 1.34. The molecule has 1 nitrogen and oxygen atoms in total. The number of halogens is 2. The first-order valence-corrected chi connectivity index (χ1v) is 6.42. The molecule has 0 heterocycles. The molecule has 17 heavy (non-hydrogen) atoms. The summed E-state index contributed by atoms with van der Waals surface area (Å²) in [5.74, 6) is -0.347. The van der Waals surface area contributed by atoms with Gasteiger partial charge in [0.15, 0.2) is 0 Å². The molecule has 1 rings (SSSR count). The Bertz CT molecular complexity index is 424. The van der Waals surface area contributed by atoms with Crippen molar-refractivity contribution in [2.24, 2.45) is 5.41 Å². The van der Waals surface area contributed by atoms with Gasteiger partial charge in [-0.2, -0.15) is 5.26 Å². The summed E-state index contributed by atoms with van der Waals surface area (Å²) in [5, 5.41) is 8.83. The Morgan fingerprint density at radius 2 is 2.06 bits per heavy atom. The molecule has 92 valence electrons. The smallest absolute Gasteiger partial charge is 0.139 e. The summed E-state index contributed by atoms with van der Waals surface area (Å²) in [6.07, 6.45) is 1.61. The molecule has 0 aromatic heterocycles. The van der Waals surface area contributed by atoms with Crippen molar-refractivity contribution in [2.45, 2.75) is 31.6 Å². The van der Waals surface area contributed by atoms with Crippen LogP contribution in [0.3, 0.4) is 0 Å². The van der Waals surface area contributed by atoms with Crippen molar-refractivity contribution < 1.29 is 8.78 Å². The average Bonchev–Trinajstić information content (AvgIpc) is 2.27. The number of nitriles is 1. The quantitative estimate of drug-likeness (QED) is 0.575. The number of nitrogens with zero attached hydrogens (tertiary/aromatic N) is 1. The largest absolute Gasteiger partial charge is 0.207 e. The molecule has 0 bridgehead atoms. The highest BCUT2D eigenvalue weighted by atomic mass is 32.2. The molecule has 0 saturated carbocycles. The van der Waals surface area contributed by atoms with Crippen LogP contribution in [0.5, 0.6) is 0 Å². The Morgan fingerprint density at radius 3 is 2.65 bits per heavy atom. The van der Waals surface area contributed by atoms with Crippen molar-refractivity contribution in [3.8, 4) is 6.07 Å².